The molecule has 28 heavy (non-hydrogen) atoms. The van der Waals surface area contributed by atoms with Crippen molar-refractivity contribution in [1.82, 2.24) is 4.98 Å². The van der Waals surface area contributed by atoms with E-state index in [4.69, 9.17) is 0 Å². The van der Waals surface area contributed by atoms with Gasteiger partial charge >= 0.3 is 6.18 Å². The van der Waals surface area contributed by atoms with Gasteiger partial charge in [-0.15, -0.1) is 0 Å². The lowest BCUT2D eigenvalue weighted by Gasteiger charge is -2.24. The lowest BCUT2D eigenvalue weighted by Crippen LogP contribution is -2.25. The van der Waals surface area contributed by atoms with Crippen molar-refractivity contribution in [3.8, 4) is 11.1 Å². The maximum Gasteiger partial charge on any atom is 0.416 e. The Morgan fingerprint density at radius 2 is 1.71 bits per heavy atom. The zero-order chi connectivity index (χ0) is 19.7. The van der Waals surface area contributed by atoms with Gasteiger partial charge in [-0.25, -0.2) is 0 Å². The number of carbonyl (C=O) groups excluding carboxylic acids is 1. The fraction of sp³-hybridized carbons (Fsp3) is 0.0952. The molecule has 2 aromatic carbocycles. The van der Waals surface area contributed by atoms with E-state index in [-0.39, 0.29) is 18.0 Å². The Morgan fingerprint density at radius 1 is 0.929 bits per heavy atom. The SMILES string of the molecule is O=C1CC=Nc2ccc(C(F)(F)F)cc2N1c1cccc(-c2ccncc2)c1. The molecule has 2 heterocycles. The van der Waals surface area contributed by atoms with Crippen LogP contribution in [0.25, 0.3) is 11.1 Å². The number of halogens is 3. The van der Waals surface area contributed by atoms with E-state index in [1.54, 1.807) is 30.6 Å². The highest BCUT2D eigenvalue weighted by Gasteiger charge is 2.33. The fourth-order valence-electron chi connectivity index (χ4n) is 3.09. The molecule has 0 saturated carbocycles. The van der Waals surface area contributed by atoms with E-state index in [1.807, 2.05) is 18.2 Å². The summed E-state index contributed by atoms with van der Waals surface area (Å²) in [7, 11) is 0. The number of hydrogen-bond acceptors (Lipinski definition) is 3. The highest BCUT2D eigenvalue weighted by atomic mass is 19.4. The normalized spacial score (nSPS) is 14.0. The third-order valence-corrected chi connectivity index (χ3v) is 4.41. The van der Waals surface area contributed by atoms with Crippen LogP contribution >= 0.6 is 0 Å². The molecule has 1 aromatic heterocycles. The number of benzene rings is 2. The smallest absolute Gasteiger partial charge is 0.279 e. The van der Waals surface area contributed by atoms with Gasteiger partial charge in [-0.1, -0.05) is 12.1 Å². The first-order valence-corrected chi connectivity index (χ1v) is 8.51. The van der Waals surface area contributed by atoms with Crippen LogP contribution in [0.2, 0.25) is 0 Å². The Morgan fingerprint density at radius 3 is 2.46 bits per heavy atom. The van der Waals surface area contributed by atoms with Crippen molar-refractivity contribution in [2.45, 2.75) is 12.6 Å². The highest BCUT2D eigenvalue weighted by Crippen LogP contribution is 2.41. The molecular formula is C21H14F3N3O. The van der Waals surface area contributed by atoms with Crippen LogP contribution in [-0.2, 0) is 11.0 Å². The van der Waals surface area contributed by atoms with Crippen molar-refractivity contribution in [3.63, 3.8) is 0 Å². The maximum absolute atomic E-state index is 13.2. The Bertz CT molecular complexity index is 1060. The van der Waals surface area contributed by atoms with Crippen LogP contribution in [0, 0.1) is 0 Å². The lowest BCUT2D eigenvalue weighted by atomic mass is 10.1. The highest BCUT2D eigenvalue weighted by molar-refractivity contribution is 6.10. The number of fused-ring (bicyclic) bond motifs is 1. The Hall–Kier alpha value is -3.48. The van der Waals surface area contributed by atoms with Gasteiger partial charge in [0.05, 0.1) is 23.4 Å². The quantitative estimate of drug-likeness (QED) is 0.585. The third kappa shape index (κ3) is 3.38. The van der Waals surface area contributed by atoms with Gasteiger partial charge in [0, 0.05) is 24.3 Å². The summed E-state index contributed by atoms with van der Waals surface area (Å²) in [4.78, 5) is 22.2. The lowest BCUT2D eigenvalue weighted by molar-refractivity contribution is -0.137. The van der Waals surface area contributed by atoms with E-state index < -0.39 is 11.7 Å². The van der Waals surface area contributed by atoms with Gasteiger partial charge in [0.15, 0.2) is 0 Å². The number of carbonyl (C=O) groups is 1. The van der Waals surface area contributed by atoms with E-state index in [0.717, 1.165) is 23.3 Å². The fourth-order valence-corrected chi connectivity index (χ4v) is 3.09. The summed E-state index contributed by atoms with van der Waals surface area (Å²) in [5.74, 6) is -0.353. The molecule has 4 nitrogen and oxygen atoms in total. The van der Waals surface area contributed by atoms with Crippen LogP contribution in [0.15, 0.2) is 72.0 Å². The summed E-state index contributed by atoms with van der Waals surface area (Å²) in [6, 6.07) is 14.0. The second kappa shape index (κ2) is 6.92. The molecule has 7 heteroatoms. The van der Waals surface area contributed by atoms with Crippen molar-refractivity contribution < 1.29 is 18.0 Å². The number of anilines is 2. The molecule has 1 aliphatic heterocycles. The molecule has 1 aliphatic rings. The van der Waals surface area contributed by atoms with Crippen molar-refractivity contribution >= 4 is 29.2 Å². The van der Waals surface area contributed by atoms with Crippen LogP contribution in [0.4, 0.5) is 30.2 Å². The number of alkyl halides is 3. The average molecular weight is 381 g/mol. The molecule has 3 aromatic rings. The van der Waals surface area contributed by atoms with Crippen molar-refractivity contribution in [1.29, 1.82) is 0 Å². The van der Waals surface area contributed by atoms with Crippen LogP contribution in [-0.4, -0.2) is 17.1 Å². The van der Waals surface area contributed by atoms with Crippen molar-refractivity contribution in [2.24, 2.45) is 4.99 Å². The van der Waals surface area contributed by atoms with Gasteiger partial charge in [-0.3, -0.25) is 19.7 Å². The number of aromatic nitrogens is 1. The number of pyridine rings is 1. The number of rotatable bonds is 2. The summed E-state index contributed by atoms with van der Waals surface area (Å²) in [5.41, 5.74) is 1.79. The predicted molar refractivity (Wildman–Crippen MR) is 101 cm³/mol. The molecule has 0 N–H and O–H groups in total. The Balaban J connectivity index is 1.85. The van der Waals surface area contributed by atoms with Gasteiger partial charge in [-0.05, 0) is 53.6 Å². The zero-order valence-corrected chi connectivity index (χ0v) is 14.5. The first-order chi connectivity index (χ1) is 13.4. The van der Waals surface area contributed by atoms with Gasteiger partial charge < -0.3 is 0 Å². The molecule has 1 amide bonds. The Labute approximate surface area is 159 Å². The molecule has 0 aliphatic carbocycles. The van der Waals surface area contributed by atoms with Crippen LogP contribution in [0.1, 0.15) is 12.0 Å². The minimum Gasteiger partial charge on any atom is -0.279 e. The van der Waals surface area contributed by atoms with Gasteiger partial charge in [0.2, 0.25) is 5.91 Å². The third-order valence-electron chi connectivity index (χ3n) is 4.41. The van der Waals surface area contributed by atoms with E-state index in [9.17, 15) is 18.0 Å². The van der Waals surface area contributed by atoms with E-state index in [1.165, 1.54) is 17.2 Å². The van der Waals surface area contributed by atoms with E-state index in [2.05, 4.69) is 9.98 Å². The average Bonchev–Trinajstić information content (AvgIpc) is 2.85. The summed E-state index contributed by atoms with van der Waals surface area (Å²) in [6.45, 7) is 0. The maximum atomic E-state index is 13.2. The molecule has 0 fully saturated rings. The first-order valence-electron chi connectivity index (χ1n) is 8.51. The van der Waals surface area contributed by atoms with E-state index >= 15 is 0 Å². The van der Waals surface area contributed by atoms with Crippen molar-refractivity contribution in [3.05, 3.63) is 72.6 Å². The van der Waals surface area contributed by atoms with Crippen LogP contribution in [0.3, 0.4) is 0 Å². The molecule has 0 bridgehead atoms. The van der Waals surface area contributed by atoms with Crippen molar-refractivity contribution in [2.75, 3.05) is 4.90 Å². The number of aliphatic imine (C=N–C) groups is 1. The van der Waals surface area contributed by atoms with Gasteiger partial charge in [0.1, 0.15) is 0 Å². The van der Waals surface area contributed by atoms with Gasteiger partial charge in [0.25, 0.3) is 0 Å². The molecule has 0 saturated heterocycles. The molecule has 4 rings (SSSR count). The second-order valence-corrected chi connectivity index (χ2v) is 6.23. The summed E-state index contributed by atoms with van der Waals surface area (Å²) in [6.07, 6.45) is 0.199. The number of nitrogens with zero attached hydrogens (tertiary/aromatic N) is 3. The summed E-state index contributed by atoms with van der Waals surface area (Å²) in [5, 5.41) is 0. The van der Waals surface area contributed by atoms with Crippen LogP contribution in [0.5, 0.6) is 0 Å². The van der Waals surface area contributed by atoms with Crippen LogP contribution < -0.4 is 4.90 Å². The number of amides is 1. The Kier molecular flexibility index (Phi) is 4.43. The minimum absolute atomic E-state index is 0.00445. The summed E-state index contributed by atoms with van der Waals surface area (Å²) >= 11 is 0. The molecular weight excluding hydrogens is 367 g/mol. The first kappa shape index (κ1) is 17.9. The molecule has 0 spiro atoms. The largest absolute Gasteiger partial charge is 0.416 e. The topological polar surface area (TPSA) is 45.6 Å². The molecule has 0 radical (unpaired) electrons. The summed E-state index contributed by atoms with van der Waals surface area (Å²) < 4.78 is 39.7. The molecule has 140 valence electrons. The standard InChI is InChI=1S/C21H14F3N3O/c22-21(23,24)16-4-5-18-19(13-16)27(20(28)8-11-26-18)17-3-1-2-15(12-17)14-6-9-25-10-7-14/h1-7,9-13H,8H2. The zero-order valence-electron chi connectivity index (χ0n) is 14.5. The van der Waals surface area contributed by atoms with Gasteiger partial charge in [-0.2, -0.15) is 13.2 Å². The molecule has 0 unspecified atom stereocenters. The monoisotopic (exact) mass is 381 g/mol. The number of hydrogen-bond donors (Lipinski definition) is 0. The van der Waals surface area contributed by atoms with E-state index in [0.29, 0.717) is 11.4 Å². The predicted octanol–water partition coefficient (Wildman–Crippen LogP) is 5.54. The second-order valence-electron chi connectivity index (χ2n) is 6.23. The molecule has 0 atom stereocenters. The minimum atomic E-state index is -4.52.